The van der Waals surface area contributed by atoms with Crippen molar-refractivity contribution in [2.24, 2.45) is 0 Å². The molecule has 1 N–H and O–H groups in total. The summed E-state index contributed by atoms with van der Waals surface area (Å²) in [7, 11) is 0. The maximum Gasteiger partial charge on any atom is 0.357 e. The van der Waals surface area contributed by atoms with Gasteiger partial charge in [-0.2, -0.15) is 0 Å². The fourth-order valence-corrected chi connectivity index (χ4v) is 2.13. The third-order valence-corrected chi connectivity index (χ3v) is 3.41. The minimum atomic E-state index is -1.06. The van der Waals surface area contributed by atoms with Crippen LogP contribution in [0.1, 0.15) is 23.3 Å². The summed E-state index contributed by atoms with van der Waals surface area (Å²) < 4.78 is 10.5. The molecule has 1 aromatic heterocycles. The molecule has 2 heterocycles. The average Bonchev–Trinajstić information content (AvgIpc) is 2.93. The molecule has 1 fully saturated rings. The van der Waals surface area contributed by atoms with Crippen LogP contribution in [-0.4, -0.2) is 71.8 Å². The second-order valence-electron chi connectivity index (χ2n) is 4.75. The zero-order valence-electron chi connectivity index (χ0n) is 11.7. The van der Waals surface area contributed by atoms with Crippen molar-refractivity contribution in [2.45, 2.75) is 13.5 Å². The van der Waals surface area contributed by atoms with Crippen LogP contribution in [-0.2, 0) is 11.3 Å². The monoisotopic (exact) mass is 283 g/mol. The van der Waals surface area contributed by atoms with Crippen molar-refractivity contribution in [2.75, 3.05) is 45.9 Å². The summed E-state index contributed by atoms with van der Waals surface area (Å²) in [5.74, 6) is -0.609. The Bertz CT molecular complexity index is 429. The molecule has 7 nitrogen and oxygen atoms in total. The quantitative estimate of drug-likeness (QED) is 0.781. The van der Waals surface area contributed by atoms with E-state index in [1.807, 2.05) is 0 Å². The van der Waals surface area contributed by atoms with Crippen molar-refractivity contribution in [1.82, 2.24) is 14.8 Å². The van der Waals surface area contributed by atoms with Gasteiger partial charge in [0.15, 0.2) is 5.69 Å². The van der Waals surface area contributed by atoms with Gasteiger partial charge in [-0.1, -0.05) is 6.92 Å². The minimum absolute atomic E-state index is 0.0377. The van der Waals surface area contributed by atoms with Gasteiger partial charge >= 0.3 is 5.97 Å². The van der Waals surface area contributed by atoms with Crippen LogP contribution in [0.15, 0.2) is 10.7 Å². The van der Waals surface area contributed by atoms with Crippen molar-refractivity contribution in [3.63, 3.8) is 0 Å². The smallest absolute Gasteiger partial charge is 0.357 e. The van der Waals surface area contributed by atoms with Gasteiger partial charge < -0.3 is 14.3 Å². The predicted molar refractivity (Wildman–Crippen MR) is 71.7 cm³/mol. The van der Waals surface area contributed by atoms with E-state index in [9.17, 15) is 4.79 Å². The van der Waals surface area contributed by atoms with E-state index in [2.05, 4.69) is 21.7 Å². The van der Waals surface area contributed by atoms with E-state index in [0.29, 0.717) is 12.4 Å². The van der Waals surface area contributed by atoms with Gasteiger partial charge in [-0.15, -0.1) is 0 Å². The van der Waals surface area contributed by atoms with Crippen LogP contribution in [0, 0.1) is 0 Å². The molecule has 0 radical (unpaired) electrons. The fourth-order valence-electron chi connectivity index (χ4n) is 2.13. The Morgan fingerprint density at radius 3 is 2.85 bits per heavy atom. The number of rotatable bonds is 7. The van der Waals surface area contributed by atoms with Crippen LogP contribution in [0.25, 0.3) is 0 Å². The molecule has 1 aromatic rings. The molecule has 0 atom stereocenters. The number of ether oxygens (including phenoxy) is 1. The molecule has 0 amide bonds. The molecule has 0 bridgehead atoms. The number of hydrogen-bond acceptors (Lipinski definition) is 6. The first-order valence-electron chi connectivity index (χ1n) is 6.89. The lowest BCUT2D eigenvalue weighted by Gasteiger charge is -2.29. The number of aromatic nitrogens is 1. The van der Waals surface area contributed by atoms with Gasteiger partial charge in [-0.3, -0.25) is 9.80 Å². The first kappa shape index (κ1) is 15.0. The lowest BCUT2D eigenvalue weighted by Crippen LogP contribution is -2.41. The van der Waals surface area contributed by atoms with Crippen LogP contribution in [0.3, 0.4) is 0 Å². The predicted octanol–water partition coefficient (Wildman–Crippen LogP) is 0.527. The van der Waals surface area contributed by atoms with E-state index in [0.717, 1.165) is 45.9 Å². The van der Waals surface area contributed by atoms with E-state index in [1.165, 1.54) is 6.26 Å². The van der Waals surface area contributed by atoms with Crippen LogP contribution in [0.5, 0.6) is 0 Å². The van der Waals surface area contributed by atoms with E-state index in [-0.39, 0.29) is 5.69 Å². The molecular formula is C13H21N3O4. The zero-order valence-corrected chi connectivity index (χ0v) is 11.7. The molecule has 1 aliphatic heterocycles. The lowest BCUT2D eigenvalue weighted by molar-refractivity contribution is 0.0328. The molecule has 0 unspecified atom stereocenters. The number of carboxylic acids is 1. The summed E-state index contributed by atoms with van der Waals surface area (Å²) in [5.41, 5.74) is -0.0377. The number of carboxylic acid groups (broad SMARTS) is 1. The second kappa shape index (κ2) is 7.37. The summed E-state index contributed by atoms with van der Waals surface area (Å²) >= 11 is 0. The summed E-state index contributed by atoms with van der Waals surface area (Å²) in [4.78, 5) is 19.3. The topological polar surface area (TPSA) is 79.0 Å². The molecule has 0 aliphatic carbocycles. The Kier molecular flexibility index (Phi) is 5.51. The van der Waals surface area contributed by atoms with Gasteiger partial charge in [0, 0.05) is 26.2 Å². The Morgan fingerprint density at radius 1 is 1.50 bits per heavy atom. The highest BCUT2D eigenvalue weighted by atomic mass is 16.5. The summed E-state index contributed by atoms with van der Waals surface area (Å²) in [6, 6.07) is 0. The van der Waals surface area contributed by atoms with E-state index < -0.39 is 5.97 Å². The summed E-state index contributed by atoms with van der Waals surface area (Å²) in [6.07, 6.45) is 1.19. The Hall–Kier alpha value is -1.44. The number of nitrogens with zero attached hydrogens (tertiary/aromatic N) is 3. The van der Waals surface area contributed by atoms with Gasteiger partial charge in [0.2, 0.25) is 5.89 Å². The first-order valence-corrected chi connectivity index (χ1v) is 6.89. The third-order valence-electron chi connectivity index (χ3n) is 3.41. The fraction of sp³-hybridized carbons (Fsp3) is 0.692. The van der Waals surface area contributed by atoms with Crippen LogP contribution in [0.2, 0.25) is 0 Å². The number of likely N-dealkylation sites (N-methyl/N-ethyl adjacent to an activating group) is 1. The molecule has 1 aliphatic rings. The van der Waals surface area contributed by atoms with Gasteiger partial charge in [0.05, 0.1) is 19.8 Å². The number of hydrogen-bond donors (Lipinski definition) is 1. The number of morpholine rings is 1. The largest absolute Gasteiger partial charge is 0.476 e. The van der Waals surface area contributed by atoms with Gasteiger partial charge in [0.1, 0.15) is 6.26 Å². The van der Waals surface area contributed by atoms with E-state index >= 15 is 0 Å². The molecule has 0 spiro atoms. The minimum Gasteiger partial charge on any atom is -0.476 e. The molecule has 20 heavy (non-hydrogen) atoms. The van der Waals surface area contributed by atoms with E-state index in [1.54, 1.807) is 0 Å². The normalized spacial score (nSPS) is 16.7. The third kappa shape index (κ3) is 4.29. The second-order valence-corrected chi connectivity index (χ2v) is 4.75. The summed E-state index contributed by atoms with van der Waals surface area (Å²) in [5, 5.41) is 8.81. The van der Waals surface area contributed by atoms with Gasteiger partial charge in [0.25, 0.3) is 0 Å². The van der Waals surface area contributed by atoms with Gasteiger partial charge in [-0.25, -0.2) is 9.78 Å². The standard InChI is InChI=1S/C13H21N3O4/c1-2-15(3-4-16-5-7-19-8-6-16)9-12-14-11(10-20-12)13(17)18/h10H,2-9H2,1H3,(H,17,18). The maximum absolute atomic E-state index is 10.7. The SMILES string of the molecule is CCN(CCN1CCOCC1)Cc1nc(C(=O)O)co1. The summed E-state index contributed by atoms with van der Waals surface area (Å²) in [6.45, 7) is 8.90. The lowest BCUT2D eigenvalue weighted by atomic mass is 10.3. The van der Waals surface area contributed by atoms with Crippen molar-refractivity contribution >= 4 is 5.97 Å². The molecule has 112 valence electrons. The molecule has 7 heteroatoms. The van der Waals surface area contributed by atoms with E-state index in [4.69, 9.17) is 14.3 Å². The highest BCUT2D eigenvalue weighted by molar-refractivity contribution is 5.84. The number of aromatic carboxylic acids is 1. The van der Waals surface area contributed by atoms with Crippen LogP contribution in [0.4, 0.5) is 0 Å². The Labute approximate surface area is 118 Å². The molecular weight excluding hydrogens is 262 g/mol. The Morgan fingerprint density at radius 2 is 2.25 bits per heavy atom. The maximum atomic E-state index is 10.7. The van der Waals surface area contributed by atoms with Crippen molar-refractivity contribution in [1.29, 1.82) is 0 Å². The van der Waals surface area contributed by atoms with Crippen molar-refractivity contribution in [3.8, 4) is 0 Å². The Balaban J connectivity index is 1.80. The highest BCUT2D eigenvalue weighted by Crippen LogP contribution is 2.06. The van der Waals surface area contributed by atoms with Crippen LogP contribution < -0.4 is 0 Å². The first-order chi connectivity index (χ1) is 9.69. The number of oxazole rings is 1. The van der Waals surface area contributed by atoms with Gasteiger partial charge in [-0.05, 0) is 6.54 Å². The molecule has 0 saturated carbocycles. The molecule has 2 rings (SSSR count). The number of carbonyl (C=O) groups is 1. The van der Waals surface area contributed by atoms with Crippen molar-refractivity contribution < 1.29 is 19.1 Å². The van der Waals surface area contributed by atoms with Crippen molar-refractivity contribution in [3.05, 3.63) is 17.8 Å². The van der Waals surface area contributed by atoms with Crippen LogP contribution >= 0.6 is 0 Å². The highest BCUT2D eigenvalue weighted by Gasteiger charge is 2.15. The zero-order chi connectivity index (χ0) is 14.4. The average molecular weight is 283 g/mol. The molecule has 1 saturated heterocycles. The molecule has 0 aromatic carbocycles.